The number of aromatic nitrogens is 1. The molecule has 1 aromatic heterocycles. The van der Waals surface area contributed by atoms with E-state index in [4.69, 9.17) is 0 Å². The van der Waals surface area contributed by atoms with Crippen LogP contribution < -0.4 is 0 Å². The van der Waals surface area contributed by atoms with Crippen molar-refractivity contribution in [2.24, 2.45) is 0 Å². The lowest BCUT2D eigenvalue weighted by atomic mass is 10.2. The lowest BCUT2D eigenvalue weighted by Gasteiger charge is -2.16. The summed E-state index contributed by atoms with van der Waals surface area (Å²) in [4.78, 5) is 6.86. The van der Waals surface area contributed by atoms with E-state index >= 15 is 0 Å². The summed E-state index contributed by atoms with van der Waals surface area (Å²) in [5.41, 5.74) is 3.63. The van der Waals surface area contributed by atoms with E-state index in [1.807, 2.05) is 13.0 Å². The largest absolute Gasteiger partial charge is 0.302 e. The first-order valence-corrected chi connectivity index (χ1v) is 6.39. The molecular formula is C16H20N2. The van der Waals surface area contributed by atoms with Crippen LogP contribution in [0.5, 0.6) is 0 Å². The molecule has 0 saturated carbocycles. The standard InChI is InChI=1S/C16H20N2/c1-14-7-6-10-16(17-14)11-12-18(2)13-15-8-4-3-5-9-15/h3-10H,11-13H2,1-2H3. The zero-order chi connectivity index (χ0) is 12.8. The van der Waals surface area contributed by atoms with E-state index in [-0.39, 0.29) is 0 Å². The van der Waals surface area contributed by atoms with Crippen molar-refractivity contribution in [1.82, 2.24) is 9.88 Å². The minimum atomic E-state index is 0.993. The Balaban J connectivity index is 1.83. The minimum Gasteiger partial charge on any atom is -0.302 e. The van der Waals surface area contributed by atoms with Gasteiger partial charge >= 0.3 is 0 Å². The first-order valence-electron chi connectivity index (χ1n) is 6.39. The van der Waals surface area contributed by atoms with Gasteiger partial charge in [0.05, 0.1) is 0 Å². The van der Waals surface area contributed by atoms with Gasteiger partial charge in [-0.05, 0) is 31.7 Å². The average Bonchev–Trinajstić information content (AvgIpc) is 2.38. The van der Waals surface area contributed by atoms with Crippen LogP contribution in [0.15, 0.2) is 48.5 Å². The Kier molecular flexibility index (Phi) is 4.48. The smallest absolute Gasteiger partial charge is 0.0419 e. The van der Waals surface area contributed by atoms with E-state index in [2.05, 4.69) is 59.4 Å². The van der Waals surface area contributed by atoms with Crippen LogP contribution in [0.4, 0.5) is 0 Å². The summed E-state index contributed by atoms with van der Waals surface area (Å²) in [7, 11) is 2.16. The molecule has 0 saturated heterocycles. The first-order chi connectivity index (χ1) is 8.74. The topological polar surface area (TPSA) is 16.1 Å². The SMILES string of the molecule is Cc1cccc(CCN(C)Cc2ccccc2)n1. The molecule has 18 heavy (non-hydrogen) atoms. The molecule has 1 aromatic carbocycles. The van der Waals surface area contributed by atoms with Crippen molar-refractivity contribution in [3.63, 3.8) is 0 Å². The van der Waals surface area contributed by atoms with E-state index in [9.17, 15) is 0 Å². The maximum absolute atomic E-state index is 4.53. The number of pyridine rings is 1. The van der Waals surface area contributed by atoms with Crippen molar-refractivity contribution in [2.45, 2.75) is 19.9 Å². The molecule has 94 valence electrons. The molecule has 0 atom stereocenters. The highest BCUT2D eigenvalue weighted by molar-refractivity contribution is 5.14. The average molecular weight is 240 g/mol. The number of aryl methyl sites for hydroxylation is 1. The second-order valence-corrected chi connectivity index (χ2v) is 4.74. The van der Waals surface area contributed by atoms with Crippen LogP contribution in [0.25, 0.3) is 0 Å². The maximum Gasteiger partial charge on any atom is 0.0419 e. The first kappa shape index (κ1) is 12.8. The molecule has 0 unspecified atom stereocenters. The predicted octanol–water partition coefficient (Wildman–Crippen LogP) is 3.06. The van der Waals surface area contributed by atoms with Gasteiger partial charge in [0.25, 0.3) is 0 Å². The number of likely N-dealkylation sites (N-methyl/N-ethyl adjacent to an activating group) is 1. The number of hydrogen-bond acceptors (Lipinski definition) is 2. The van der Waals surface area contributed by atoms with Crippen molar-refractivity contribution in [1.29, 1.82) is 0 Å². The van der Waals surface area contributed by atoms with E-state index in [1.165, 1.54) is 11.3 Å². The minimum absolute atomic E-state index is 0.993. The van der Waals surface area contributed by atoms with E-state index < -0.39 is 0 Å². The Bertz CT molecular complexity index is 479. The highest BCUT2D eigenvalue weighted by Gasteiger charge is 2.01. The van der Waals surface area contributed by atoms with Gasteiger partial charge in [-0.1, -0.05) is 36.4 Å². The molecule has 0 spiro atoms. The van der Waals surface area contributed by atoms with Crippen LogP contribution in [0.1, 0.15) is 17.0 Å². The number of benzene rings is 1. The summed E-state index contributed by atoms with van der Waals surface area (Å²) in [6.45, 7) is 4.06. The van der Waals surface area contributed by atoms with E-state index in [1.54, 1.807) is 0 Å². The van der Waals surface area contributed by atoms with Gasteiger partial charge in [-0.15, -0.1) is 0 Å². The molecule has 2 heteroatoms. The molecule has 0 aliphatic rings. The summed E-state index contributed by atoms with van der Waals surface area (Å²) < 4.78 is 0. The molecule has 2 rings (SSSR count). The molecular weight excluding hydrogens is 220 g/mol. The molecule has 0 aliphatic carbocycles. The fraction of sp³-hybridized carbons (Fsp3) is 0.312. The van der Waals surface area contributed by atoms with E-state index in [0.717, 1.165) is 25.2 Å². The molecule has 0 aliphatic heterocycles. The molecule has 0 radical (unpaired) electrons. The van der Waals surface area contributed by atoms with Gasteiger partial charge in [0.1, 0.15) is 0 Å². The normalized spacial score (nSPS) is 10.8. The molecule has 1 heterocycles. The van der Waals surface area contributed by atoms with Crippen LogP contribution in [-0.4, -0.2) is 23.5 Å². The number of hydrogen-bond donors (Lipinski definition) is 0. The summed E-state index contributed by atoms with van der Waals surface area (Å²) in [6, 6.07) is 16.8. The summed E-state index contributed by atoms with van der Waals surface area (Å²) in [5, 5.41) is 0. The monoisotopic (exact) mass is 240 g/mol. The summed E-state index contributed by atoms with van der Waals surface area (Å²) in [5.74, 6) is 0. The van der Waals surface area contributed by atoms with Gasteiger partial charge in [-0.2, -0.15) is 0 Å². The highest BCUT2D eigenvalue weighted by Crippen LogP contribution is 2.04. The van der Waals surface area contributed by atoms with Gasteiger partial charge in [0.15, 0.2) is 0 Å². The van der Waals surface area contributed by atoms with Crippen molar-refractivity contribution < 1.29 is 0 Å². The van der Waals surface area contributed by atoms with Gasteiger partial charge in [0, 0.05) is 30.9 Å². The van der Waals surface area contributed by atoms with Crippen molar-refractivity contribution >= 4 is 0 Å². The second-order valence-electron chi connectivity index (χ2n) is 4.74. The fourth-order valence-corrected chi connectivity index (χ4v) is 2.02. The molecule has 2 aromatic rings. The Morgan fingerprint density at radius 3 is 2.50 bits per heavy atom. The molecule has 0 bridgehead atoms. The zero-order valence-electron chi connectivity index (χ0n) is 11.1. The predicted molar refractivity (Wildman–Crippen MR) is 75.5 cm³/mol. The fourth-order valence-electron chi connectivity index (χ4n) is 2.02. The lowest BCUT2D eigenvalue weighted by Crippen LogP contribution is -2.21. The van der Waals surface area contributed by atoms with Crippen molar-refractivity contribution in [3.05, 3.63) is 65.5 Å². The Morgan fingerprint density at radius 1 is 1.00 bits per heavy atom. The third-order valence-corrected chi connectivity index (χ3v) is 2.99. The maximum atomic E-state index is 4.53. The van der Waals surface area contributed by atoms with Gasteiger partial charge in [0.2, 0.25) is 0 Å². The van der Waals surface area contributed by atoms with Gasteiger partial charge in [-0.3, -0.25) is 4.98 Å². The second kappa shape index (κ2) is 6.31. The quantitative estimate of drug-likeness (QED) is 0.798. The third-order valence-electron chi connectivity index (χ3n) is 2.99. The number of nitrogens with zero attached hydrogens (tertiary/aromatic N) is 2. The number of rotatable bonds is 5. The molecule has 0 N–H and O–H groups in total. The van der Waals surface area contributed by atoms with Gasteiger partial charge < -0.3 is 4.90 Å². The Labute approximate surface area is 109 Å². The molecule has 2 nitrogen and oxygen atoms in total. The van der Waals surface area contributed by atoms with Crippen LogP contribution >= 0.6 is 0 Å². The Morgan fingerprint density at radius 2 is 1.78 bits per heavy atom. The molecule has 0 fully saturated rings. The summed E-state index contributed by atoms with van der Waals surface area (Å²) in [6.07, 6.45) is 1.00. The van der Waals surface area contributed by atoms with Crippen molar-refractivity contribution in [3.8, 4) is 0 Å². The summed E-state index contributed by atoms with van der Waals surface area (Å²) >= 11 is 0. The third kappa shape index (κ3) is 3.97. The van der Waals surface area contributed by atoms with E-state index in [0.29, 0.717) is 0 Å². The van der Waals surface area contributed by atoms with Crippen LogP contribution in [-0.2, 0) is 13.0 Å². The lowest BCUT2D eigenvalue weighted by molar-refractivity contribution is 0.330. The molecule has 0 amide bonds. The van der Waals surface area contributed by atoms with Crippen LogP contribution in [0.2, 0.25) is 0 Å². The van der Waals surface area contributed by atoms with Crippen LogP contribution in [0, 0.1) is 6.92 Å². The Hall–Kier alpha value is -1.67. The van der Waals surface area contributed by atoms with Gasteiger partial charge in [-0.25, -0.2) is 0 Å². The zero-order valence-corrected chi connectivity index (χ0v) is 11.1. The highest BCUT2D eigenvalue weighted by atomic mass is 15.1. The van der Waals surface area contributed by atoms with Crippen molar-refractivity contribution in [2.75, 3.05) is 13.6 Å². The van der Waals surface area contributed by atoms with Crippen LogP contribution in [0.3, 0.4) is 0 Å².